The van der Waals surface area contributed by atoms with Gasteiger partial charge in [-0.1, -0.05) is 35.0 Å². The van der Waals surface area contributed by atoms with Crippen LogP contribution in [0.1, 0.15) is 17.3 Å². The first-order valence-corrected chi connectivity index (χ1v) is 7.38. The van der Waals surface area contributed by atoms with Crippen molar-refractivity contribution in [3.8, 4) is 0 Å². The predicted octanol–water partition coefficient (Wildman–Crippen LogP) is 5.26. The zero-order chi connectivity index (χ0) is 15.6. The average Bonchev–Trinajstić information content (AvgIpc) is 2.42. The van der Waals surface area contributed by atoms with E-state index in [1.807, 2.05) is 0 Å². The van der Waals surface area contributed by atoms with Crippen LogP contribution < -0.4 is 0 Å². The largest absolute Gasteiger partial charge is 0.294 e. The second kappa shape index (κ2) is 6.47. The highest BCUT2D eigenvalue weighted by molar-refractivity contribution is 7.99. The van der Waals surface area contributed by atoms with Gasteiger partial charge in [-0.2, -0.15) is 0 Å². The fourth-order valence-corrected chi connectivity index (χ4v) is 2.96. The first-order chi connectivity index (χ1) is 9.88. The number of ketones is 1. The number of hydrogen-bond donors (Lipinski definition) is 0. The Kier molecular flexibility index (Phi) is 4.88. The third-order valence-corrected chi connectivity index (χ3v) is 4.39. The van der Waals surface area contributed by atoms with Crippen LogP contribution in [0.2, 0.25) is 10.0 Å². The van der Waals surface area contributed by atoms with E-state index in [4.69, 9.17) is 23.2 Å². The Morgan fingerprint density at radius 2 is 1.71 bits per heavy atom. The van der Waals surface area contributed by atoms with Crippen molar-refractivity contribution in [3.63, 3.8) is 0 Å². The molecule has 2 rings (SSSR count). The highest BCUT2D eigenvalue weighted by atomic mass is 35.5. The first-order valence-electron chi connectivity index (χ1n) is 5.81. The Hall–Kier alpha value is -1.56. The van der Waals surface area contributed by atoms with E-state index in [0.717, 1.165) is 4.90 Å². The second-order valence-electron chi connectivity index (χ2n) is 4.17. The Morgan fingerprint density at radius 1 is 1.10 bits per heavy atom. The van der Waals surface area contributed by atoms with Crippen molar-refractivity contribution < 1.29 is 9.72 Å². The first kappa shape index (κ1) is 15.8. The van der Waals surface area contributed by atoms with Crippen molar-refractivity contribution in [2.75, 3.05) is 0 Å². The smallest absolute Gasteiger partial charge is 0.280 e. The Labute approximate surface area is 135 Å². The molecule has 7 heteroatoms. The van der Waals surface area contributed by atoms with Gasteiger partial charge in [-0.3, -0.25) is 14.9 Å². The lowest BCUT2D eigenvalue weighted by Gasteiger charge is -2.05. The van der Waals surface area contributed by atoms with Gasteiger partial charge in [0.25, 0.3) is 5.69 Å². The van der Waals surface area contributed by atoms with Gasteiger partial charge in [0, 0.05) is 15.9 Å². The van der Waals surface area contributed by atoms with Crippen molar-refractivity contribution in [1.29, 1.82) is 0 Å². The Balaban J connectivity index is 2.36. The van der Waals surface area contributed by atoms with Crippen molar-refractivity contribution in [3.05, 3.63) is 62.1 Å². The highest BCUT2D eigenvalue weighted by Crippen LogP contribution is 2.34. The maximum atomic E-state index is 11.5. The quantitative estimate of drug-likeness (QED) is 0.432. The van der Waals surface area contributed by atoms with Crippen molar-refractivity contribution in [2.24, 2.45) is 0 Å². The monoisotopic (exact) mass is 341 g/mol. The summed E-state index contributed by atoms with van der Waals surface area (Å²) in [5, 5.41) is 11.8. The maximum Gasteiger partial charge on any atom is 0.280 e. The van der Waals surface area contributed by atoms with Gasteiger partial charge in [0.1, 0.15) is 0 Å². The van der Waals surface area contributed by atoms with Gasteiger partial charge >= 0.3 is 0 Å². The van der Waals surface area contributed by atoms with Crippen LogP contribution in [0.5, 0.6) is 0 Å². The normalized spacial score (nSPS) is 10.4. The second-order valence-corrected chi connectivity index (χ2v) is 6.13. The van der Waals surface area contributed by atoms with Crippen LogP contribution in [0.3, 0.4) is 0 Å². The summed E-state index contributed by atoms with van der Waals surface area (Å²) in [6.45, 7) is 1.30. The van der Waals surface area contributed by atoms with Gasteiger partial charge in [-0.05, 0) is 37.3 Å². The van der Waals surface area contributed by atoms with Gasteiger partial charge < -0.3 is 0 Å². The summed E-state index contributed by atoms with van der Waals surface area (Å²) in [5.74, 6) is -0.349. The molecule has 0 saturated carbocycles. The Morgan fingerprint density at radius 3 is 2.29 bits per heavy atom. The number of carbonyl (C=O) groups is 1. The van der Waals surface area contributed by atoms with E-state index in [1.54, 1.807) is 24.3 Å². The molecule has 0 unspecified atom stereocenters. The Bertz CT molecular complexity index is 734. The molecule has 0 bridgehead atoms. The van der Waals surface area contributed by atoms with E-state index >= 15 is 0 Å². The standard InChI is InChI=1S/C14H9Cl2NO3S/c1-8(18)11-6-9(3-5-14(11)17(19)20)21-10-2-4-12(15)13(16)7-10/h2-7H,1H3. The molecule has 0 amide bonds. The van der Waals surface area contributed by atoms with Crippen LogP contribution >= 0.6 is 35.0 Å². The molecule has 0 radical (unpaired) electrons. The molecule has 0 spiro atoms. The molecule has 4 nitrogen and oxygen atoms in total. The van der Waals surface area contributed by atoms with E-state index < -0.39 is 4.92 Å². The van der Waals surface area contributed by atoms with Gasteiger partial charge in [-0.15, -0.1) is 0 Å². The van der Waals surface area contributed by atoms with E-state index in [-0.39, 0.29) is 17.0 Å². The summed E-state index contributed by atoms with van der Waals surface area (Å²) < 4.78 is 0. The summed E-state index contributed by atoms with van der Waals surface area (Å²) in [6.07, 6.45) is 0. The lowest BCUT2D eigenvalue weighted by Crippen LogP contribution is -2.00. The van der Waals surface area contributed by atoms with Crippen LogP contribution in [0.25, 0.3) is 0 Å². The molecule has 0 saturated heterocycles. The SMILES string of the molecule is CC(=O)c1cc(Sc2ccc(Cl)c(Cl)c2)ccc1[N+](=O)[O-]. The molecular weight excluding hydrogens is 333 g/mol. The molecule has 0 heterocycles. The number of nitrogens with zero attached hydrogens (tertiary/aromatic N) is 1. The zero-order valence-electron chi connectivity index (χ0n) is 10.8. The average molecular weight is 342 g/mol. The van der Waals surface area contributed by atoms with E-state index in [0.29, 0.717) is 14.9 Å². The lowest BCUT2D eigenvalue weighted by molar-refractivity contribution is -0.385. The molecule has 0 fully saturated rings. The zero-order valence-corrected chi connectivity index (χ0v) is 13.1. The molecule has 21 heavy (non-hydrogen) atoms. The van der Waals surface area contributed by atoms with Crippen molar-refractivity contribution >= 4 is 46.4 Å². The van der Waals surface area contributed by atoms with Crippen LogP contribution in [0.4, 0.5) is 5.69 Å². The third kappa shape index (κ3) is 3.75. The molecule has 0 aliphatic heterocycles. The van der Waals surface area contributed by atoms with Crippen LogP contribution in [0.15, 0.2) is 46.2 Å². The minimum atomic E-state index is -0.565. The lowest BCUT2D eigenvalue weighted by atomic mass is 10.1. The highest BCUT2D eigenvalue weighted by Gasteiger charge is 2.18. The molecule has 0 atom stereocenters. The number of benzene rings is 2. The van der Waals surface area contributed by atoms with E-state index in [9.17, 15) is 14.9 Å². The summed E-state index contributed by atoms with van der Waals surface area (Å²) >= 11 is 13.1. The number of rotatable bonds is 4. The van der Waals surface area contributed by atoms with Gasteiger partial charge in [0.15, 0.2) is 5.78 Å². The molecule has 108 valence electrons. The van der Waals surface area contributed by atoms with E-state index in [1.165, 1.54) is 30.8 Å². The predicted molar refractivity (Wildman–Crippen MR) is 83.7 cm³/mol. The molecule has 0 aromatic heterocycles. The van der Waals surface area contributed by atoms with Gasteiger partial charge in [0.05, 0.1) is 20.5 Å². The number of nitro groups is 1. The van der Waals surface area contributed by atoms with Crippen molar-refractivity contribution in [1.82, 2.24) is 0 Å². The molecule has 0 aliphatic carbocycles. The third-order valence-electron chi connectivity index (χ3n) is 2.67. The molecule has 2 aromatic carbocycles. The maximum absolute atomic E-state index is 11.5. The molecular formula is C14H9Cl2NO3S. The van der Waals surface area contributed by atoms with E-state index in [2.05, 4.69) is 0 Å². The van der Waals surface area contributed by atoms with Crippen LogP contribution in [-0.2, 0) is 0 Å². The summed E-state index contributed by atoms with van der Waals surface area (Å²) in [5.41, 5.74) is -0.106. The number of halogens is 2. The summed E-state index contributed by atoms with van der Waals surface area (Å²) in [4.78, 5) is 23.4. The van der Waals surface area contributed by atoms with Gasteiger partial charge in [-0.25, -0.2) is 0 Å². The fraction of sp³-hybridized carbons (Fsp3) is 0.0714. The van der Waals surface area contributed by atoms with Crippen LogP contribution in [-0.4, -0.2) is 10.7 Å². The molecule has 0 aliphatic rings. The minimum absolute atomic E-state index is 0.0880. The molecule has 0 N–H and O–H groups in total. The fourth-order valence-electron chi connectivity index (χ4n) is 1.70. The summed E-state index contributed by atoms with van der Waals surface area (Å²) in [7, 11) is 0. The number of hydrogen-bond acceptors (Lipinski definition) is 4. The number of nitro benzene ring substituents is 1. The van der Waals surface area contributed by atoms with Gasteiger partial charge in [0.2, 0.25) is 0 Å². The van der Waals surface area contributed by atoms with Crippen molar-refractivity contribution in [2.45, 2.75) is 16.7 Å². The van der Waals surface area contributed by atoms with Crippen LogP contribution in [0, 0.1) is 10.1 Å². The topological polar surface area (TPSA) is 60.2 Å². The number of Topliss-reactive ketones (excluding diaryl/α,β-unsaturated/α-hetero) is 1. The molecule has 2 aromatic rings. The number of carbonyl (C=O) groups excluding carboxylic acids is 1. The summed E-state index contributed by atoms with van der Waals surface area (Å²) in [6, 6.07) is 9.59. The minimum Gasteiger partial charge on any atom is -0.294 e.